The number of esters is 5. The van der Waals surface area contributed by atoms with E-state index in [1.54, 1.807) is 37.3 Å². The summed E-state index contributed by atoms with van der Waals surface area (Å²) in [4.78, 5) is 59.9. The van der Waals surface area contributed by atoms with Crippen molar-refractivity contribution in [2.45, 2.75) is 65.3 Å². The van der Waals surface area contributed by atoms with Gasteiger partial charge in [-0.15, -0.1) is 0 Å². The molecular weight excluding hydrogens is 492 g/mol. The summed E-state index contributed by atoms with van der Waals surface area (Å²) in [5.74, 6) is -4.19. The van der Waals surface area contributed by atoms with Gasteiger partial charge in [-0.2, -0.15) is 0 Å². The van der Waals surface area contributed by atoms with Crippen molar-refractivity contribution in [1.29, 1.82) is 0 Å². The quantitative estimate of drug-likeness (QED) is 0.190. The van der Waals surface area contributed by atoms with Gasteiger partial charge in [-0.25, -0.2) is 4.79 Å². The van der Waals surface area contributed by atoms with Crippen LogP contribution >= 0.6 is 0 Å². The minimum atomic E-state index is -1.57. The summed E-state index contributed by atoms with van der Waals surface area (Å²) < 4.78 is 37.9. The van der Waals surface area contributed by atoms with E-state index in [4.69, 9.17) is 33.2 Å². The van der Waals surface area contributed by atoms with E-state index >= 15 is 0 Å². The summed E-state index contributed by atoms with van der Waals surface area (Å²) in [6.45, 7) is 5.66. The van der Waals surface area contributed by atoms with Gasteiger partial charge in [0, 0.05) is 27.7 Å². The largest absolute Gasteiger partial charge is 0.463 e. The molecule has 1 aromatic carbocycles. The minimum absolute atomic E-state index is 0.0346. The lowest BCUT2D eigenvalue weighted by Gasteiger charge is -2.43. The predicted molar refractivity (Wildman–Crippen MR) is 124 cm³/mol. The van der Waals surface area contributed by atoms with Crippen LogP contribution < -0.4 is 0 Å². The van der Waals surface area contributed by atoms with Crippen LogP contribution in [0.15, 0.2) is 36.1 Å². The average molecular weight is 523 g/mol. The number of ether oxygens (including phenoxy) is 7. The maximum absolute atomic E-state index is 12.7. The first-order chi connectivity index (χ1) is 17.5. The normalized spacial score (nSPS) is 23.3. The Morgan fingerprint density at radius 1 is 0.757 bits per heavy atom. The molecule has 1 aliphatic heterocycles. The highest BCUT2D eigenvalue weighted by molar-refractivity contribution is 5.91. The standard InChI is InChI=1S/C25H30O12/c1-6-31-24(30)19(12-18-10-8-7-9-11-18)36-25-23(35-17(5)29)22(34-16(4)28)21(33-15(3)27)20(37-25)13-32-14(2)26/h7-12,20-23,25H,6,13H2,1-5H3/t20-,21+,22+,23-,25-/m0/s1. The summed E-state index contributed by atoms with van der Waals surface area (Å²) in [6, 6.07) is 8.67. The Balaban J connectivity index is 2.55. The third kappa shape index (κ3) is 9.22. The van der Waals surface area contributed by atoms with Crippen LogP contribution in [0.25, 0.3) is 6.08 Å². The summed E-state index contributed by atoms with van der Waals surface area (Å²) in [5.41, 5.74) is 0.580. The zero-order valence-corrected chi connectivity index (χ0v) is 21.2. The van der Waals surface area contributed by atoms with Gasteiger partial charge in [-0.1, -0.05) is 30.3 Å². The van der Waals surface area contributed by atoms with E-state index in [0.29, 0.717) is 5.56 Å². The predicted octanol–water partition coefficient (Wildman–Crippen LogP) is 1.69. The van der Waals surface area contributed by atoms with Crippen LogP contribution in [0.3, 0.4) is 0 Å². The molecule has 0 unspecified atom stereocenters. The molecule has 0 spiro atoms. The van der Waals surface area contributed by atoms with Crippen molar-refractivity contribution in [3.63, 3.8) is 0 Å². The molecular formula is C25H30O12. The van der Waals surface area contributed by atoms with Crippen molar-refractivity contribution in [1.82, 2.24) is 0 Å². The third-order valence-corrected chi connectivity index (χ3v) is 4.77. The maximum atomic E-state index is 12.7. The van der Waals surface area contributed by atoms with Gasteiger partial charge in [0.2, 0.25) is 18.2 Å². The maximum Gasteiger partial charge on any atom is 0.373 e. The lowest BCUT2D eigenvalue weighted by Crippen LogP contribution is -2.63. The second kappa shape index (κ2) is 14.0. The van der Waals surface area contributed by atoms with E-state index in [-0.39, 0.29) is 12.4 Å². The van der Waals surface area contributed by atoms with Gasteiger partial charge in [0.05, 0.1) is 6.61 Å². The first-order valence-corrected chi connectivity index (χ1v) is 11.4. The Kier molecular flexibility index (Phi) is 11.1. The minimum Gasteiger partial charge on any atom is -0.463 e. The molecule has 1 fully saturated rings. The molecule has 0 bridgehead atoms. The molecule has 1 heterocycles. The number of hydrogen-bond donors (Lipinski definition) is 0. The number of rotatable bonds is 10. The van der Waals surface area contributed by atoms with E-state index in [0.717, 1.165) is 27.7 Å². The van der Waals surface area contributed by atoms with Crippen molar-refractivity contribution in [2.75, 3.05) is 13.2 Å². The topological polar surface area (TPSA) is 150 Å². The smallest absolute Gasteiger partial charge is 0.373 e. The highest BCUT2D eigenvalue weighted by Crippen LogP contribution is 2.31. The van der Waals surface area contributed by atoms with Gasteiger partial charge in [0.1, 0.15) is 12.7 Å². The molecule has 0 aromatic heterocycles. The van der Waals surface area contributed by atoms with Crippen molar-refractivity contribution in [3.8, 4) is 0 Å². The van der Waals surface area contributed by atoms with Gasteiger partial charge in [-0.3, -0.25) is 19.2 Å². The number of carbonyl (C=O) groups excluding carboxylic acids is 5. The van der Waals surface area contributed by atoms with E-state index < -0.39 is 67.2 Å². The fourth-order valence-electron chi connectivity index (χ4n) is 3.45. The number of hydrogen-bond acceptors (Lipinski definition) is 12. The lowest BCUT2D eigenvalue weighted by atomic mass is 9.98. The molecule has 12 heteroatoms. The molecule has 0 radical (unpaired) electrons. The molecule has 2 rings (SSSR count). The average Bonchev–Trinajstić information content (AvgIpc) is 2.81. The molecule has 0 saturated carbocycles. The number of carbonyl (C=O) groups is 5. The van der Waals surface area contributed by atoms with Gasteiger partial charge in [0.25, 0.3) is 0 Å². The van der Waals surface area contributed by atoms with Crippen LogP contribution in [0, 0.1) is 0 Å². The monoisotopic (exact) mass is 522 g/mol. The molecule has 0 aliphatic carbocycles. The van der Waals surface area contributed by atoms with Gasteiger partial charge < -0.3 is 33.2 Å². The summed E-state index contributed by atoms with van der Waals surface area (Å²) in [5, 5.41) is 0. The van der Waals surface area contributed by atoms with E-state index in [1.807, 2.05) is 0 Å². The summed E-state index contributed by atoms with van der Waals surface area (Å²) >= 11 is 0. The summed E-state index contributed by atoms with van der Waals surface area (Å²) in [6.07, 6.45) is -5.70. The van der Waals surface area contributed by atoms with Crippen molar-refractivity contribution in [3.05, 3.63) is 41.7 Å². The molecule has 37 heavy (non-hydrogen) atoms. The summed E-state index contributed by atoms with van der Waals surface area (Å²) in [7, 11) is 0. The van der Waals surface area contributed by atoms with Crippen LogP contribution in [-0.2, 0) is 57.1 Å². The van der Waals surface area contributed by atoms with Crippen LogP contribution in [-0.4, -0.2) is 73.8 Å². The molecule has 1 aliphatic rings. The highest BCUT2D eigenvalue weighted by atomic mass is 16.7. The van der Waals surface area contributed by atoms with Crippen molar-refractivity contribution >= 4 is 35.9 Å². The first-order valence-electron chi connectivity index (χ1n) is 11.4. The third-order valence-electron chi connectivity index (χ3n) is 4.77. The molecule has 5 atom stereocenters. The Morgan fingerprint density at radius 3 is 1.86 bits per heavy atom. The molecule has 1 aromatic rings. The van der Waals surface area contributed by atoms with Crippen LogP contribution in [0.5, 0.6) is 0 Å². The van der Waals surface area contributed by atoms with Crippen LogP contribution in [0.2, 0.25) is 0 Å². The fourth-order valence-corrected chi connectivity index (χ4v) is 3.45. The van der Waals surface area contributed by atoms with Gasteiger partial charge >= 0.3 is 29.8 Å². The molecule has 0 N–H and O–H groups in total. The fraction of sp³-hybridized carbons (Fsp3) is 0.480. The Hall–Kier alpha value is -3.93. The highest BCUT2D eigenvalue weighted by Gasteiger charge is 2.53. The van der Waals surface area contributed by atoms with Crippen molar-refractivity contribution in [2.24, 2.45) is 0 Å². The second-order valence-corrected chi connectivity index (χ2v) is 7.83. The lowest BCUT2D eigenvalue weighted by molar-refractivity contribution is -0.299. The van der Waals surface area contributed by atoms with Crippen LogP contribution in [0.4, 0.5) is 0 Å². The second-order valence-electron chi connectivity index (χ2n) is 7.83. The van der Waals surface area contributed by atoms with Crippen molar-refractivity contribution < 1.29 is 57.1 Å². The Labute approximate surface area is 213 Å². The number of benzene rings is 1. The zero-order chi connectivity index (χ0) is 27.5. The zero-order valence-electron chi connectivity index (χ0n) is 21.2. The van der Waals surface area contributed by atoms with E-state index in [9.17, 15) is 24.0 Å². The van der Waals surface area contributed by atoms with Gasteiger partial charge in [0.15, 0.2) is 12.2 Å². The SMILES string of the molecule is CCOC(=O)C(=Cc1ccccc1)O[C@H]1O[C@@H](COC(C)=O)[C@@H](OC(C)=O)[C@@H](OC(C)=O)[C@@H]1OC(C)=O. The van der Waals surface area contributed by atoms with Crippen LogP contribution in [0.1, 0.15) is 40.2 Å². The Morgan fingerprint density at radius 2 is 1.32 bits per heavy atom. The molecule has 1 saturated heterocycles. The molecule has 12 nitrogen and oxygen atoms in total. The Bertz CT molecular complexity index is 1000. The molecule has 0 amide bonds. The van der Waals surface area contributed by atoms with E-state index in [2.05, 4.69) is 0 Å². The first kappa shape index (κ1) is 29.3. The van der Waals surface area contributed by atoms with Gasteiger partial charge in [-0.05, 0) is 18.6 Å². The molecule has 202 valence electrons. The van der Waals surface area contributed by atoms with E-state index in [1.165, 1.54) is 6.08 Å².